The van der Waals surface area contributed by atoms with Crippen molar-refractivity contribution in [2.45, 2.75) is 25.8 Å². The number of hydrogen-bond acceptors (Lipinski definition) is 9. The summed E-state index contributed by atoms with van der Waals surface area (Å²) in [6.45, 7) is 2.63. The smallest absolute Gasteiger partial charge is 0.326 e. The first-order valence-corrected chi connectivity index (χ1v) is 11.3. The van der Waals surface area contributed by atoms with Gasteiger partial charge in [-0.1, -0.05) is 42.3 Å². The Balaban J connectivity index is 1.70. The number of methoxy groups -OCH3 is 1. The Morgan fingerprint density at radius 3 is 2.31 bits per heavy atom. The van der Waals surface area contributed by atoms with Crippen molar-refractivity contribution >= 4 is 52.7 Å². The second kappa shape index (κ2) is 12.1. The van der Waals surface area contributed by atoms with E-state index in [0.717, 1.165) is 6.42 Å². The summed E-state index contributed by atoms with van der Waals surface area (Å²) in [6, 6.07) is 5.72. The van der Waals surface area contributed by atoms with Gasteiger partial charge in [-0.25, -0.2) is 4.79 Å². The van der Waals surface area contributed by atoms with Gasteiger partial charge < -0.3 is 25.8 Å². The summed E-state index contributed by atoms with van der Waals surface area (Å²) in [5.41, 5.74) is 1.30. The van der Waals surface area contributed by atoms with Gasteiger partial charge in [0, 0.05) is 31.0 Å². The lowest BCUT2D eigenvalue weighted by molar-refractivity contribution is -0.137. The van der Waals surface area contributed by atoms with Gasteiger partial charge in [-0.15, -0.1) is 0 Å². The molecule has 3 aromatic rings. The molecule has 0 aliphatic heterocycles. The zero-order chi connectivity index (χ0) is 25.4. The molecular formula is C22H23Cl2N7O4. The van der Waals surface area contributed by atoms with Gasteiger partial charge in [-0.3, -0.25) is 9.78 Å². The number of carboxylic acids is 1. The van der Waals surface area contributed by atoms with Crippen LogP contribution in [-0.4, -0.2) is 56.6 Å². The SMILES string of the molecule is CCCNc1nc(N[C@@H](Cc2ccc(NC(=O)c3c(Cl)cncc3Cl)cc2)C(=O)O)nc(OC)n1. The fourth-order valence-corrected chi connectivity index (χ4v) is 3.50. The zero-order valence-electron chi connectivity index (χ0n) is 18.9. The fourth-order valence-electron chi connectivity index (χ4n) is 2.97. The summed E-state index contributed by atoms with van der Waals surface area (Å²) < 4.78 is 5.08. The average Bonchev–Trinajstić information content (AvgIpc) is 2.83. The van der Waals surface area contributed by atoms with Crippen molar-refractivity contribution in [1.82, 2.24) is 19.9 Å². The highest BCUT2D eigenvalue weighted by atomic mass is 35.5. The van der Waals surface area contributed by atoms with E-state index in [2.05, 4.69) is 35.9 Å². The zero-order valence-corrected chi connectivity index (χ0v) is 20.4. The van der Waals surface area contributed by atoms with Crippen LogP contribution in [0, 0.1) is 0 Å². The summed E-state index contributed by atoms with van der Waals surface area (Å²) in [7, 11) is 1.41. The molecule has 4 N–H and O–H groups in total. The number of carbonyl (C=O) groups excluding carboxylic acids is 1. The molecule has 0 unspecified atom stereocenters. The largest absolute Gasteiger partial charge is 0.480 e. The minimum Gasteiger partial charge on any atom is -0.480 e. The van der Waals surface area contributed by atoms with Gasteiger partial charge in [-0.2, -0.15) is 15.0 Å². The molecule has 2 heterocycles. The Morgan fingerprint density at radius 1 is 1.06 bits per heavy atom. The van der Waals surface area contributed by atoms with Crippen molar-refractivity contribution in [2.24, 2.45) is 0 Å². The molecule has 2 aromatic heterocycles. The predicted octanol–water partition coefficient (Wildman–Crippen LogP) is 3.76. The van der Waals surface area contributed by atoms with E-state index in [1.807, 2.05) is 6.92 Å². The number of benzene rings is 1. The Kier molecular flexibility index (Phi) is 8.98. The average molecular weight is 520 g/mol. The van der Waals surface area contributed by atoms with Gasteiger partial charge in [0.05, 0.1) is 22.7 Å². The number of anilines is 3. The third-order valence-electron chi connectivity index (χ3n) is 4.66. The van der Waals surface area contributed by atoms with E-state index in [1.165, 1.54) is 19.5 Å². The van der Waals surface area contributed by atoms with Gasteiger partial charge in [0.15, 0.2) is 0 Å². The van der Waals surface area contributed by atoms with Crippen LogP contribution in [0.15, 0.2) is 36.7 Å². The minimum absolute atomic E-state index is 0.0553. The van der Waals surface area contributed by atoms with E-state index >= 15 is 0 Å². The summed E-state index contributed by atoms with van der Waals surface area (Å²) in [5, 5.41) is 18.5. The van der Waals surface area contributed by atoms with Crippen molar-refractivity contribution in [3.8, 4) is 6.01 Å². The van der Waals surface area contributed by atoms with Crippen LogP contribution in [0.4, 0.5) is 17.6 Å². The Bertz CT molecular complexity index is 1170. The first-order valence-electron chi connectivity index (χ1n) is 10.5. The maximum absolute atomic E-state index is 12.5. The molecule has 0 saturated heterocycles. The predicted molar refractivity (Wildman–Crippen MR) is 133 cm³/mol. The van der Waals surface area contributed by atoms with E-state index < -0.39 is 17.9 Å². The molecule has 184 valence electrons. The van der Waals surface area contributed by atoms with Crippen LogP contribution in [0.25, 0.3) is 0 Å². The van der Waals surface area contributed by atoms with E-state index in [9.17, 15) is 14.7 Å². The molecule has 13 heteroatoms. The molecule has 0 spiro atoms. The number of aromatic nitrogens is 4. The number of amides is 1. The molecule has 1 aromatic carbocycles. The van der Waals surface area contributed by atoms with Crippen LogP contribution in [-0.2, 0) is 11.2 Å². The molecule has 1 amide bonds. The second-order valence-corrected chi connectivity index (χ2v) is 8.08. The standard InChI is InChI=1S/C22H23Cl2N7O4/c1-3-8-26-20-29-21(31-22(30-20)35-2)28-16(19(33)34)9-12-4-6-13(7-5-12)27-18(32)17-14(23)10-25-11-15(17)24/h4-7,10-11,16H,3,8-9H2,1-2H3,(H,27,32)(H,33,34)(H2,26,28,29,30,31)/t16-/m0/s1. The number of pyridine rings is 1. The fraction of sp³-hybridized carbons (Fsp3) is 0.273. The number of nitrogens with zero attached hydrogens (tertiary/aromatic N) is 4. The minimum atomic E-state index is -1.09. The summed E-state index contributed by atoms with van der Waals surface area (Å²) in [5.74, 6) is -1.24. The van der Waals surface area contributed by atoms with Crippen LogP contribution < -0.4 is 20.7 Å². The van der Waals surface area contributed by atoms with Gasteiger partial charge >= 0.3 is 12.0 Å². The first-order chi connectivity index (χ1) is 16.8. The molecular weight excluding hydrogens is 497 g/mol. The van der Waals surface area contributed by atoms with Gasteiger partial charge in [-0.05, 0) is 24.1 Å². The molecule has 1 atom stereocenters. The van der Waals surface area contributed by atoms with Gasteiger partial charge in [0.2, 0.25) is 11.9 Å². The molecule has 0 aliphatic rings. The topological polar surface area (TPSA) is 151 Å². The van der Waals surface area contributed by atoms with Crippen molar-refractivity contribution in [3.05, 3.63) is 57.8 Å². The molecule has 0 aliphatic carbocycles. The quantitative estimate of drug-likeness (QED) is 0.294. The van der Waals surface area contributed by atoms with E-state index in [0.29, 0.717) is 17.8 Å². The number of aliphatic carboxylic acids is 1. The molecule has 0 radical (unpaired) electrons. The van der Waals surface area contributed by atoms with Gasteiger partial charge in [0.25, 0.3) is 5.91 Å². The highest BCUT2D eigenvalue weighted by Gasteiger charge is 2.21. The van der Waals surface area contributed by atoms with Crippen LogP contribution >= 0.6 is 23.2 Å². The molecule has 0 bridgehead atoms. The Hall–Kier alpha value is -3.70. The second-order valence-electron chi connectivity index (χ2n) is 7.26. The third-order valence-corrected chi connectivity index (χ3v) is 5.24. The number of rotatable bonds is 11. The van der Waals surface area contributed by atoms with Crippen molar-refractivity contribution in [3.63, 3.8) is 0 Å². The maximum atomic E-state index is 12.5. The van der Waals surface area contributed by atoms with Crippen molar-refractivity contribution in [1.29, 1.82) is 0 Å². The number of hydrogen-bond donors (Lipinski definition) is 4. The van der Waals surface area contributed by atoms with Crippen molar-refractivity contribution in [2.75, 3.05) is 29.6 Å². The Labute approximate surface area is 211 Å². The summed E-state index contributed by atoms with van der Waals surface area (Å²) in [6.07, 6.45) is 3.63. The lowest BCUT2D eigenvalue weighted by atomic mass is 10.1. The molecule has 35 heavy (non-hydrogen) atoms. The number of carboxylic acid groups (broad SMARTS) is 1. The van der Waals surface area contributed by atoms with Crippen LogP contribution in [0.2, 0.25) is 10.0 Å². The number of nitrogens with one attached hydrogen (secondary N) is 3. The number of carbonyl (C=O) groups is 2. The highest BCUT2D eigenvalue weighted by Crippen LogP contribution is 2.24. The molecule has 0 fully saturated rings. The number of ether oxygens (including phenoxy) is 1. The Morgan fingerprint density at radius 2 is 1.71 bits per heavy atom. The summed E-state index contributed by atoms with van der Waals surface area (Å²) in [4.78, 5) is 40.6. The highest BCUT2D eigenvalue weighted by molar-refractivity contribution is 6.40. The normalized spacial score (nSPS) is 11.4. The van der Waals surface area contributed by atoms with Gasteiger partial charge in [0.1, 0.15) is 6.04 Å². The molecule has 3 rings (SSSR count). The lowest BCUT2D eigenvalue weighted by Gasteiger charge is -2.16. The first kappa shape index (κ1) is 25.9. The lowest BCUT2D eigenvalue weighted by Crippen LogP contribution is -2.32. The molecule has 0 saturated carbocycles. The monoisotopic (exact) mass is 519 g/mol. The van der Waals surface area contributed by atoms with Crippen LogP contribution in [0.1, 0.15) is 29.3 Å². The molecule has 11 nitrogen and oxygen atoms in total. The van der Waals surface area contributed by atoms with E-state index in [-0.39, 0.29) is 39.9 Å². The van der Waals surface area contributed by atoms with Crippen LogP contribution in [0.3, 0.4) is 0 Å². The third kappa shape index (κ3) is 7.14. The summed E-state index contributed by atoms with van der Waals surface area (Å²) >= 11 is 12.1. The number of halogens is 2. The van der Waals surface area contributed by atoms with Crippen LogP contribution in [0.5, 0.6) is 6.01 Å². The maximum Gasteiger partial charge on any atom is 0.326 e. The van der Waals surface area contributed by atoms with E-state index in [1.54, 1.807) is 24.3 Å². The van der Waals surface area contributed by atoms with E-state index in [4.69, 9.17) is 27.9 Å². The van der Waals surface area contributed by atoms with Crippen molar-refractivity contribution < 1.29 is 19.4 Å².